The van der Waals surface area contributed by atoms with E-state index in [-0.39, 0.29) is 0 Å². The Hall–Kier alpha value is -1.34. The lowest BCUT2D eigenvalue weighted by atomic mass is 9.93. The Kier molecular flexibility index (Phi) is 2.41. The second kappa shape index (κ2) is 3.91. The molecule has 16 heavy (non-hydrogen) atoms. The van der Waals surface area contributed by atoms with Crippen molar-refractivity contribution in [2.75, 3.05) is 20.1 Å². The summed E-state index contributed by atoms with van der Waals surface area (Å²) in [5, 5.41) is 2.81. The summed E-state index contributed by atoms with van der Waals surface area (Å²) >= 11 is 0. The Morgan fingerprint density at radius 3 is 2.69 bits per heavy atom. The third-order valence-corrected chi connectivity index (χ3v) is 3.65. The predicted molar refractivity (Wildman–Crippen MR) is 68.8 cm³/mol. The molecule has 3 rings (SSSR count). The van der Waals surface area contributed by atoms with Crippen molar-refractivity contribution < 1.29 is 0 Å². The first-order valence-electron chi connectivity index (χ1n) is 6.01. The van der Waals surface area contributed by atoms with Crippen molar-refractivity contribution in [2.45, 2.75) is 12.3 Å². The zero-order valence-electron chi connectivity index (χ0n) is 9.69. The fourth-order valence-electron chi connectivity index (χ4n) is 2.80. The molecule has 1 saturated heterocycles. The van der Waals surface area contributed by atoms with Crippen molar-refractivity contribution in [3.8, 4) is 0 Å². The average molecular weight is 211 g/mol. The van der Waals surface area contributed by atoms with Gasteiger partial charge in [-0.3, -0.25) is 0 Å². The van der Waals surface area contributed by atoms with Gasteiger partial charge in [0.05, 0.1) is 0 Å². The highest BCUT2D eigenvalue weighted by Crippen LogP contribution is 2.31. The molecule has 0 spiro atoms. The minimum absolute atomic E-state index is 0.719. The van der Waals surface area contributed by atoms with Crippen molar-refractivity contribution in [2.24, 2.45) is 0 Å². The molecule has 82 valence electrons. The van der Waals surface area contributed by atoms with E-state index in [0.29, 0.717) is 0 Å². The van der Waals surface area contributed by atoms with Gasteiger partial charge in [-0.2, -0.15) is 0 Å². The van der Waals surface area contributed by atoms with Crippen LogP contribution in [0.3, 0.4) is 0 Å². The zero-order chi connectivity index (χ0) is 11.0. The molecule has 1 aliphatic heterocycles. The van der Waals surface area contributed by atoms with Crippen LogP contribution in [0.25, 0.3) is 10.8 Å². The van der Waals surface area contributed by atoms with Crippen molar-refractivity contribution in [1.29, 1.82) is 0 Å². The van der Waals surface area contributed by atoms with Gasteiger partial charge in [0.1, 0.15) is 0 Å². The summed E-state index contributed by atoms with van der Waals surface area (Å²) in [4.78, 5) is 2.42. The van der Waals surface area contributed by atoms with Crippen LogP contribution in [0.2, 0.25) is 0 Å². The lowest BCUT2D eigenvalue weighted by molar-refractivity contribution is 0.412. The summed E-state index contributed by atoms with van der Waals surface area (Å²) in [5.74, 6) is 0.719. The molecular weight excluding hydrogens is 194 g/mol. The molecule has 1 aliphatic rings. The molecule has 1 atom stereocenters. The fraction of sp³-hybridized carbons (Fsp3) is 0.333. The van der Waals surface area contributed by atoms with Gasteiger partial charge < -0.3 is 4.90 Å². The lowest BCUT2D eigenvalue weighted by Crippen LogP contribution is -2.13. The van der Waals surface area contributed by atoms with E-state index in [4.69, 9.17) is 0 Å². The Morgan fingerprint density at radius 2 is 1.88 bits per heavy atom. The van der Waals surface area contributed by atoms with Gasteiger partial charge in [-0.25, -0.2) is 0 Å². The van der Waals surface area contributed by atoms with Crippen molar-refractivity contribution in [3.05, 3.63) is 48.0 Å². The van der Waals surface area contributed by atoms with Crippen LogP contribution in [-0.4, -0.2) is 25.0 Å². The second-order valence-corrected chi connectivity index (χ2v) is 4.82. The van der Waals surface area contributed by atoms with Crippen molar-refractivity contribution >= 4 is 10.8 Å². The number of hydrogen-bond acceptors (Lipinski definition) is 1. The van der Waals surface area contributed by atoms with Crippen LogP contribution in [-0.2, 0) is 0 Å². The van der Waals surface area contributed by atoms with E-state index in [2.05, 4.69) is 54.4 Å². The lowest BCUT2D eigenvalue weighted by Gasteiger charge is -2.13. The van der Waals surface area contributed by atoms with Gasteiger partial charge >= 0.3 is 0 Å². The maximum atomic E-state index is 2.42. The highest BCUT2D eigenvalue weighted by molar-refractivity contribution is 5.86. The van der Waals surface area contributed by atoms with Gasteiger partial charge in [-0.15, -0.1) is 0 Å². The van der Waals surface area contributed by atoms with Crippen LogP contribution in [0, 0.1) is 0 Å². The maximum Gasteiger partial charge on any atom is 0.00479 e. The van der Waals surface area contributed by atoms with E-state index in [0.717, 1.165) is 5.92 Å². The fourth-order valence-corrected chi connectivity index (χ4v) is 2.80. The number of rotatable bonds is 1. The summed E-state index contributed by atoms with van der Waals surface area (Å²) in [6.07, 6.45) is 1.30. The maximum absolute atomic E-state index is 2.42. The van der Waals surface area contributed by atoms with Gasteiger partial charge in [0.15, 0.2) is 0 Å². The molecule has 0 aromatic heterocycles. The highest BCUT2D eigenvalue weighted by atomic mass is 15.1. The number of likely N-dealkylation sites (N-methyl/N-ethyl adjacent to an activating group) is 1. The Morgan fingerprint density at radius 1 is 1.06 bits per heavy atom. The number of fused-ring (bicyclic) bond motifs is 1. The minimum Gasteiger partial charge on any atom is -0.306 e. The largest absolute Gasteiger partial charge is 0.306 e. The molecule has 0 amide bonds. The molecule has 1 fully saturated rings. The first-order chi connectivity index (χ1) is 7.84. The highest BCUT2D eigenvalue weighted by Gasteiger charge is 2.22. The molecule has 1 nitrogen and oxygen atoms in total. The standard InChI is InChI=1S/C15H17N/c1-16-10-9-13(11-16)15-8-4-6-12-5-2-3-7-14(12)15/h2-8,13H,9-11H2,1H3/t13-/m1/s1. The Labute approximate surface area is 96.7 Å². The van der Waals surface area contributed by atoms with Crippen molar-refractivity contribution in [3.63, 3.8) is 0 Å². The third kappa shape index (κ3) is 1.61. The summed E-state index contributed by atoms with van der Waals surface area (Å²) in [7, 11) is 2.21. The minimum atomic E-state index is 0.719. The molecule has 1 heterocycles. The van der Waals surface area contributed by atoms with Crippen LogP contribution >= 0.6 is 0 Å². The molecule has 2 aromatic carbocycles. The first kappa shape index (κ1) is 9.86. The number of nitrogens with zero attached hydrogens (tertiary/aromatic N) is 1. The quantitative estimate of drug-likeness (QED) is 0.700. The second-order valence-electron chi connectivity index (χ2n) is 4.82. The van der Waals surface area contributed by atoms with Crippen LogP contribution < -0.4 is 0 Å². The number of likely N-dealkylation sites (tertiary alicyclic amines) is 1. The van der Waals surface area contributed by atoms with Crippen LogP contribution in [0.1, 0.15) is 17.9 Å². The topological polar surface area (TPSA) is 3.24 Å². The Bertz CT molecular complexity index is 498. The van der Waals surface area contributed by atoms with Gasteiger partial charge in [-0.05, 0) is 42.3 Å². The summed E-state index contributed by atoms with van der Waals surface area (Å²) in [5.41, 5.74) is 1.53. The van der Waals surface area contributed by atoms with Gasteiger partial charge in [0.25, 0.3) is 0 Å². The van der Waals surface area contributed by atoms with Crippen molar-refractivity contribution in [1.82, 2.24) is 4.90 Å². The van der Waals surface area contributed by atoms with E-state index in [1.54, 1.807) is 0 Å². The predicted octanol–water partition coefficient (Wildman–Crippen LogP) is 3.26. The Balaban J connectivity index is 2.09. The molecule has 0 saturated carbocycles. The van der Waals surface area contributed by atoms with Gasteiger partial charge in [0.2, 0.25) is 0 Å². The third-order valence-electron chi connectivity index (χ3n) is 3.65. The number of hydrogen-bond donors (Lipinski definition) is 0. The van der Waals surface area contributed by atoms with Gasteiger partial charge in [-0.1, -0.05) is 42.5 Å². The van der Waals surface area contributed by atoms with E-state index in [1.807, 2.05) is 0 Å². The summed E-state index contributed by atoms with van der Waals surface area (Å²) in [6, 6.07) is 15.4. The molecule has 0 radical (unpaired) electrons. The average Bonchev–Trinajstić information content (AvgIpc) is 2.75. The van der Waals surface area contributed by atoms with E-state index < -0.39 is 0 Å². The molecule has 0 N–H and O–H groups in total. The van der Waals surface area contributed by atoms with Crippen LogP contribution in [0.5, 0.6) is 0 Å². The monoisotopic (exact) mass is 211 g/mol. The summed E-state index contributed by atoms with van der Waals surface area (Å²) in [6.45, 7) is 2.43. The molecule has 1 heteroatoms. The summed E-state index contributed by atoms with van der Waals surface area (Å²) < 4.78 is 0. The SMILES string of the molecule is CN1CC[C@@H](c2cccc3ccccc23)C1. The first-order valence-corrected chi connectivity index (χ1v) is 6.01. The molecular formula is C15H17N. The normalized spacial score (nSPS) is 21.7. The zero-order valence-corrected chi connectivity index (χ0v) is 9.69. The van der Waals surface area contributed by atoms with E-state index in [1.165, 1.54) is 35.8 Å². The van der Waals surface area contributed by atoms with E-state index in [9.17, 15) is 0 Å². The smallest absolute Gasteiger partial charge is 0.00479 e. The molecule has 0 bridgehead atoms. The van der Waals surface area contributed by atoms with Crippen LogP contribution in [0.4, 0.5) is 0 Å². The van der Waals surface area contributed by atoms with Crippen LogP contribution in [0.15, 0.2) is 42.5 Å². The molecule has 2 aromatic rings. The van der Waals surface area contributed by atoms with Gasteiger partial charge in [0, 0.05) is 6.54 Å². The molecule has 0 unspecified atom stereocenters. The number of benzene rings is 2. The molecule has 0 aliphatic carbocycles. The van der Waals surface area contributed by atoms with E-state index >= 15 is 0 Å².